The van der Waals surface area contributed by atoms with Crippen LogP contribution in [0.25, 0.3) is 0 Å². The fourth-order valence-electron chi connectivity index (χ4n) is 2.25. The predicted molar refractivity (Wildman–Crippen MR) is 83.7 cm³/mol. The summed E-state index contributed by atoms with van der Waals surface area (Å²) in [6, 6.07) is 8.88. The Morgan fingerprint density at radius 2 is 2.00 bits per heavy atom. The average molecular weight is 326 g/mol. The van der Waals surface area contributed by atoms with Crippen LogP contribution in [0.5, 0.6) is 5.75 Å². The Bertz CT molecular complexity index is 362. The summed E-state index contributed by atoms with van der Waals surface area (Å²) < 4.78 is 6.91. The van der Waals surface area contributed by atoms with Crippen LogP contribution in [0.15, 0.2) is 28.7 Å². The summed E-state index contributed by atoms with van der Waals surface area (Å²) in [6.07, 6.45) is 6.44. The van der Waals surface area contributed by atoms with Crippen molar-refractivity contribution in [3.05, 3.63) is 28.7 Å². The van der Waals surface area contributed by atoms with Gasteiger partial charge in [-0.1, -0.05) is 29.3 Å². The second kappa shape index (κ2) is 7.91. The number of hydrogen-bond donors (Lipinski definition) is 1. The minimum atomic E-state index is 0.751. The highest BCUT2D eigenvalue weighted by atomic mass is 79.9. The van der Waals surface area contributed by atoms with Crippen molar-refractivity contribution in [2.75, 3.05) is 13.2 Å². The summed E-state index contributed by atoms with van der Waals surface area (Å²) in [5.74, 6) is 1.72. The highest BCUT2D eigenvalue weighted by Gasteiger charge is 2.21. The first-order valence-corrected chi connectivity index (χ1v) is 8.19. The van der Waals surface area contributed by atoms with Gasteiger partial charge in [0.05, 0.1) is 6.61 Å². The minimum Gasteiger partial charge on any atom is -0.494 e. The van der Waals surface area contributed by atoms with Crippen LogP contribution in [0, 0.1) is 5.92 Å². The fraction of sp³-hybridized carbons (Fsp3) is 0.625. The SMILES string of the molecule is CCCC(CCOc1ccc(Br)cc1)CNC1CC1. The molecule has 1 atom stereocenters. The van der Waals surface area contributed by atoms with Gasteiger partial charge in [-0.2, -0.15) is 0 Å². The van der Waals surface area contributed by atoms with Crippen molar-refractivity contribution in [3.8, 4) is 5.75 Å². The van der Waals surface area contributed by atoms with Crippen LogP contribution in [0.2, 0.25) is 0 Å². The van der Waals surface area contributed by atoms with E-state index in [0.717, 1.165) is 41.8 Å². The Kier molecular flexibility index (Phi) is 6.18. The Balaban J connectivity index is 1.66. The number of benzene rings is 1. The van der Waals surface area contributed by atoms with Gasteiger partial charge in [0, 0.05) is 10.5 Å². The van der Waals surface area contributed by atoms with E-state index in [1.165, 1.54) is 25.7 Å². The van der Waals surface area contributed by atoms with E-state index < -0.39 is 0 Å². The maximum Gasteiger partial charge on any atom is 0.119 e. The number of hydrogen-bond acceptors (Lipinski definition) is 2. The van der Waals surface area contributed by atoms with Crippen molar-refractivity contribution < 1.29 is 4.74 Å². The first-order chi connectivity index (χ1) is 9.28. The van der Waals surface area contributed by atoms with Crippen molar-refractivity contribution in [1.29, 1.82) is 0 Å². The van der Waals surface area contributed by atoms with E-state index in [0.29, 0.717) is 0 Å². The summed E-state index contributed by atoms with van der Waals surface area (Å²) in [7, 11) is 0. The van der Waals surface area contributed by atoms with Gasteiger partial charge in [0.1, 0.15) is 5.75 Å². The number of nitrogens with one attached hydrogen (secondary N) is 1. The third-order valence-corrected chi connectivity index (χ3v) is 4.11. The summed E-state index contributed by atoms with van der Waals surface area (Å²) in [6.45, 7) is 4.24. The van der Waals surface area contributed by atoms with Gasteiger partial charge < -0.3 is 10.1 Å². The maximum absolute atomic E-state index is 5.81. The third kappa shape index (κ3) is 5.96. The molecule has 3 heteroatoms. The molecule has 0 aromatic heterocycles. The summed E-state index contributed by atoms with van der Waals surface area (Å²) in [5, 5.41) is 3.64. The van der Waals surface area contributed by atoms with Crippen LogP contribution in [-0.2, 0) is 0 Å². The monoisotopic (exact) mass is 325 g/mol. The molecule has 0 aliphatic heterocycles. The van der Waals surface area contributed by atoms with Gasteiger partial charge >= 0.3 is 0 Å². The van der Waals surface area contributed by atoms with Gasteiger partial charge in [0.15, 0.2) is 0 Å². The molecular formula is C16H24BrNO. The van der Waals surface area contributed by atoms with Crippen molar-refractivity contribution >= 4 is 15.9 Å². The first kappa shape index (κ1) is 14.9. The number of rotatable bonds is 9. The molecule has 1 aromatic carbocycles. The number of halogens is 1. The molecule has 1 fully saturated rings. The molecule has 2 nitrogen and oxygen atoms in total. The van der Waals surface area contributed by atoms with Crippen molar-refractivity contribution in [2.24, 2.45) is 5.92 Å². The maximum atomic E-state index is 5.81. The van der Waals surface area contributed by atoms with Crippen molar-refractivity contribution in [3.63, 3.8) is 0 Å². The Morgan fingerprint density at radius 1 is 1.26 bits per heavy atom. The Labute approximate surface area is 125 Å². The van der Waals surface area contributed by atoms with Crippen LogP contribution in [0.3, 0.4) is 0 Å². The molecule has 1 N–H and O–H groups in total. The van der Waals surface area contributed by atoms with Gasteiger partial charge in [-0.15, -0.1) is 0 Å². The molecule has 2 rings (SSSR count). The zero-order valence-corrected chi connectivity index (χ0v) is 13.3. The quantitative estimate of drug-likeness (QED) is 0.727. The first-order valence-electron chi connectivity index (χ1n) is 7.39. The molecule has 0 bridgehead atoms. The summed E-state index contributed by atoms with van der Waals surface area (Å²) in [4.78, 5) is 0. The van der Waals surface area contributed by atoms with Crippen LogP contribution >= 0.6 is 15.9 Å². The molecular weight excluding hydrogens is 302 g/mol. The molecule has 19 heavy (non-hydrogen) atoms. The van der Waals surface area contributed by atoms with E-state index in [1.807, 2.05) is 24.3 Å². The Morgan fingerprint density at radius 3 is 2.63 bits per heavy atom. The fourth-order valence-corrected chi connectivity index (χ4v) is 2.52. The van der Waals surface area contributed by atoms with E-state index in [-0.39, 0.29) is 0 Å². The molecule has 1 aromatic rings. The van der Waals surface area contributed by atoms with E-state index in [4.69, 9.17) is 4.74 Å². The van der Waals surface area contributed by atoms with E-state index >= 15 is 0 Å². The van der Waals surface area contributed by atoms with Crippen LogP contribution in [0.4, 0.5) is 0 Å². The lowest BCUT2D eigenvalue weighted by Crippen LogP contribution is -2.25. The highest BCUT2D eigenvalue weighted by molar-refractivity contribution is 9.10. The molecule has 106 valence electrons. The van der Waals surface area contributed by atoms with Crippen LogP contribution in [0.1, 0.15) is 39.0 Å². The van der Waals surface area contributed by atoms with E-state index in [9.17, 15) is 0 Å². The van der Waals surface area contributed by atoms with Crippen molar-refractivity contribution in [1.82, 2.24) is 5.32 Å². The smallest absolute Gasteiger partial charge is 0.119 e. The van der Waals surface area contributed by atoms with Crippen LogP contribution < -0.4 is 10.1 Å². The lowest BCUT2D eigenvalue weighted by molar-refractivity contribution is 0.267. The molecule has 0 saturated heterocycles. The molecule has 1 aliphatic carbocycles. The lowest BCUT2D eigenvalue weighted by Gasteiger charge is -2.17. The average Bonchev–Trinajstić information content (AvgIpc) is 3.22. The molecule has 0 radical (unpaired) electrons. The second-order valence-corrected chi connectivity index (χ2v) is 6.34. The normalized spacial score (nSPS) is 16.3. The van der Waals surface area contributed by atoms with E-state index in [2.05, 4.69) is 28.2 Å². The summed E-state index contributed by atoms with van der Waals surface area (Å²) >= 11 is 3.43. The van der Waals surface area contributed by atoms with Crippen LogP contribution in [-0.4, -0.2) is 19.2 Å². The van der Waals surface area contributed by atoms with Gasteiger partial charge in [-0.3, -0.25) is 0 Å². The van der Waals surface area contributed by atoms with Gasteiger partial charge in [-0.05, 0) is 62.4 Å². The standard InChI is InChI=1S/C16H24BrNO/c1-2-3-13(12-18-15-6-7-15)10-11-19-16-8-4-14(17)5-9-16/h4-5,8-9,13,15,18H,2-3,6-7,10-12H2,1H3. The molecule has 0 spiro atoms. The summed E-state index contributed by atoms with van der Waals surface area (Å²) in [5.41, 5.74) is 0. The molecule has 1 unspecified atom stereocenters. The van der Waals surface area contributed by atoms with Gasteiger partial charge in [0.25, 0.3) is 0 Å². The second-order valence-electron chi connectivity index (χ2n) is 5.43. The number of ether oxygens (including phenoxy) is 1. The molecule has 0 heterocycles. The Hall–Kier alpha value is -0.540. The largest absolute Gasteiger partial charge is 0.494 e. The highest BCUT2D eigenvalue weighted by Crippen LogP contribution is 2.21. The van der Waals surface area contributed by atoms with E-state index in [1.54, 1.807) is 0 Å². The van der Waals surface area contributed by atoms with Crippen molar-refractivity contribution in [2.45, 2.75) is 45.1 Å². The zero-order chi connectivity index (χ0) is 13.5. The zero-order valence-electron chi connectivity index (χ0n) is 11.7. The molecule has 1 saturated carbocycles. The minimum absolute atomic E-state index is 0.751. The third-order valence-electron chi connectivity index (χ3n) is 3.58. The molecule has 0 amide bonds. The van der Waals surface area contributed by atoms with Gasteiger partial charge in [-0.25, -0.2) is 0 Å². The molecule has 1 aliphatic rings. The lowest BCUT2D eigenvalue weighted by atomic mass is 10.0. The topological polar surface area (TPSA) is 21.3 Å². The predicted octanol–water partition coefficient (Wildman–Crippen LogP) is 4.39. The van der Waals surface area contributed by atoms with Gasteiger partial charge in [0.2, 0.25) is 0 Å².